The van der Waals surface area contributed by atoms with Crippen molar-refractivity contribution >= 4 is 11.6 Å². The molecular formula is C15H26ClN3. The van der Waals surface area contributed by atoms with Crippen LogP contribution in [0, 0.1) is 18.3 Å². The lowest BCUT2D eigenvalue weighted by Gasteiger charge is -2.31. The van der Waals surface area contributed by atoms with Crippen molar-refractivity contribution < 1.29 is 0 Å². The summed E-state index contributed by atoms with van der Waals surface area (Å²) in [5, 5.41) is 8.91. The van der Waals surface area contributed by atoms with Crippen LogP contribution >= 0.6 is 11.6 Å². The van der Waals surface area contributed by atoms with E-state index in [4.69, 9.17) is 11.6 Å². The molecule has 1 N–H and O–H groups in total. The molecule has 0 saturated heterocycles. The molecule has 0 aromatic carbocycles. The summed E-state index contributed by atoms with van der Waals surface area (Å²) in [7, 11) is 1.99. The first kappa shape index (κ1) is 14.9. The predicted molar refractivity (Wildman–Crippen MR) is 80.6 cm³/mol. The fourth-order valence-electron chi connectivity index (χ4n) is 2.42. The number of halogens is 1. The van der Waals surface area contributed by atoms with Crippen LogP contribution in [0.3, 0.4) is 0 Å². The Hall–Kier alpha value is -0.540. The maximum atomic E-state index is 6.38. The Bertz CT molecular complexity index is 441. The molecule has 19 heavy (non-hydrogen) atoms. The number of aryl methyl sites for hydroxylation is 2. The largest absolute Gasteiger partial charge is 0.314 e. The molecule has 0 amide bonds. The van der Waals surface area contributed by atoms with Crippen molar-refractivity contribution in [3.63, 3.8) is 0 Å². The minimum Gasteiger partial charge on any atom is -0.314 e. The van der Waals surface area contributed by atoms with Crippen molar-refractivity contribution in [1.82, 2.24) is 15.1 Å². The summed E-state index contributed by atoms with van der Waals surface area (Å²) in [6.07, 6.45) is 3.66. The molecule has 0 bridgehead atoms. The van der Waals surface area contributed by atoms with Gasteiger partial charge in [-0.1, -0.05) is 32.4 Å². The fraction of sp³-hybridized carbons (Fsp3) is 0.800. The van der Waals surface area contributed by atoms with E-state index in [1.807, 2.05) is 18.7 Å². The molecule has 0 aliphatic heterocycles. The van der Waals surface area contributed by atoms with Crippen LogP contribution in [0.25, 0.3) is 0 Å². The first-order chi connectivity index (χ1) is 8.79. The molecule has 1 atom stereocenters. The topological polar surface area (TPSA) is 29.9 Å². The molecule has 1 aliphatic carbocycles. The van der Waals surface area contributed by atoms with Crippen molar-refractivity contribution in [1.29, 1.82) is 0 Å². The van der Waals surface area contributed by atoms with Crippen LogP contribution in [0.15, 0.2) is 0 Å². The van der Waals surface area contributed by atoms with Gasteiger partial charge in [-0.15, -0.1) is 0 Å². The van der Waals surface area contributed by atoms with Crippen LogP contribution in [-0.2, 0) is 13.5 Å². The summed E-state index contributed by atoms with van der Waals surface area (Å²) in [6.45, 7) is 9.96. The van der Waals surface area contributed by atoms with E-state index < -0.39 is 0 Å². The third-order valence-electron chi connectivity index (χ3n) is 4.16. The highest BCUT2D eigenvalue weighted by Gasteiger charge is 2.29. The number of hydrogen-bond donors (Lipinski definition) is 1. The second-order valence-electron chi connectivity index (χ2n) is 6.92. The Morgan fingerprint density at radius 2 is 2.05 bits per heavy atom. The quantitative estimate of drug-likeness (QED) is 0.898. The molecule has 0 spiro atoms. The van der Waals surface area contributed by atoms with Gasteiger partial charge in [0, 0.05) is 13.1 Å². The molecule has 2 rings (SSSR count). The van der Waals surface area contributed by atoms with Gasteiger partial charge in [-0.2, -0.15) is 5.10 Å². The van der Waals surface area contributed by atoms with Crippen molar-refractivity contribution in [2.45, 2.75) is 53.0 Å². The second-order valence-corrected chi connectivity index (χ2v) is 7.30. The maximum Gasteiger partial charge on any atom is 0.0847 e. The highest BCUT2D eigenvalue weighted by atomic mass is 35.5. The number of nitrogens with one attached hydrogen (secondary N) is 1. The minimum absolute atomic E-state index is 0.267. The zero-order chi connectivity index (χ0) is 14.2. The van der Waals surface area contributed by atoms with E-state index in [2.05, 4.69) is 31.2 Å². The Morgan fingerprint density at radius 3 is 2.47 bits per heavy atom. The van der Waals surface area contributed by atoms with Gasteiger partial charge in [0.15, 0.2) is 0 Å². The molecule has 1 unspecified atom stereocenters. The number of nitrogens with zero attached hydrogens (tertiary/aromatic N) is 2. The zero-order valence-electron chi connectivity index (χ0n) is 12.8. The van der Waals surface area contributed by atoms with Crippen LogP contribution < -0.4 is 5.32 Å². The lowest BCUT2D eigenvalue weighted by molar-refractivity contribution is 0.227. The summed E-state index contributed by atoms with van der Waals surface area (Å²) in [4.78, 5) is 0. The normalized spacial score (nSPS) is 17.8. The van der Waals surface area contributed by atoms with Crippen molar-refractivity contribution in [3.8, 4) is 0 Å². The van der Waals surface area contributed by atoms with Gasteiger partial charge in [0.2, 0.25) is 0 Å². The highest BCUT2D eigenvalue weighted by molar-refractivity contribution is 6.31. The third-order valence-corrected chi connectivity index (χ3v) is 4.65. The number of hydrogen-bond acceptors (Lipinski definition) is 2. The molecule has 1 aromatic heterocycles. The van der Waals surface area contributed by atoms with E-state index in [1.165, 1.54) is 12.8 Å². The summed E-state index contributed by atoms with van der Waals surface area (Å²) in [5.41, 5.74) is 2.36. The second kappa shape index (κ2) is 5.45. The van der Waals surface area contributed by atoms with E-state index in [1.54, 1.807) is 0 Å². The Labute approximate surface area is 121 Å². The van der Waals surface area contributed by atoms with Gasteiger partial charge in [0.25, 0.3) is 0 Å². The first-order valence-electron chi connectivity index (χ1n) is 7.20. The van der Waals surface area contributed by atoms with E-state index in [0.29, 0.717) is 5.92 Å². The summed E-state index contributed by atoms with van der Waals surface area (Å²) >= 11 is 6.38. The molecule has 1 fully saturated rings. The van der Waals surface area contributed by atoms with Crippen LogP contribution in [0.5, 0.6) is 0 Å². The van der Waals surface area contributed by atoms with Gasteiger partial charge in [-0.05, 0) is 44.1 Å². The molecule has 1 aliphatic rings. The third kappa shape index (κ3) is 3.73. The van der Waals surface area contributed by atoms with Crippen LogP contribution in [0.4, 0.5) is 0 Å². The van der Waals surface area contributed by atoms with Gasteiger partial charge < -0.3 is 5.32 Å². The standard InChI is InChI=1S/C15H26ClN3/c1-10-14(16)13(19(5)18-10)8-11(15(2,3)4)9-17-12-6-7-12/h11-12,17H,6-9H2,1-5H3. The SMILES string of the molecule is Cc1nn(C)c(CC(CNC2CC2)C(C)(C)C)c1Cl. The predicted octanol–water partition coefficient (Wildman–Crippen LogP) is 3.34. The van der Waals surface area contributed by atoms with E-state index >= 15 is 0 Å². The monoisotopic (exact) mass is 283 g/mol. The Kier molecular flexibility index (Phi) is 4.26. The molecule has 1 saturated carbocycles. The lowest BCUT2D eigenvalue weighted by atomic mass is 9.78. The first-order valence-corrected chi connectivity index (χ1v) is 7.58. The molecule has 3 nitrogen and oxygen atoms in total. The van der Waals surface area contributed by atoms with Gasteiger partial charge >= 0.3 is 0 Å². The van der Waals surface area contributed by atoms with E-state index in [0.717, 1.165) is 35.4 Å². The summed E-state index contributed by atoms with van der Waals surface area (Å²) in [5.74, 6) is 0.570. The lowest BCUT2D eigenvalue weighted by Crippen LogP contribution is -2.34. The molecule has 1 heterocycles. The summed E-state index contributed by atoms with van der Waals surface area (Å²) < 4.78 is 1.94. The zero-order valence-corrected chi connectivity index (χ0v) is 13.5. The van der Waals surface area contributed by atoms with Gasteiger partial charge in [0.1, 0.15) is 0 Å². The van der Waals surface area contributed by atoms with Crippen LogP contribution in [0.2, 0.25) is 5.02 Å². The maximum absolute atomic E-state index is 6.38. The average molecular weight is 284 g/mol. The molecule has 1 aromatic rings. The molecule has 0 radical (unpaired) electrons. The highest BCUT2D eigenvalue weighted by Crippen LogP contribution is 2.32. The van der Waals surface area contributed by atoms with Crippen molar-refractivity contribution in [2.24, 2.45) is 18.4 Å². The van der Waals surface area contributed by atoms with E-state index in [9.17, 15) is 0 Å². The molecular weight excluding hydrogens is 258 g/mol. The minimum atomic E-state index is 0.267. The number of rotatable bonds is 5. The smallest absolute Gasteiger partial charge is 0.0847 e. The van der Waals surface area contributed by atoms with Crippen LogP contribution in [0.1, 0.15) is 45.0 Å². The molecule has 4 heteroatoms. The van der Waals surface area contributed by atoms with Gasteiger partial charge in [-0.25, -0.2) is 0 Å². The fourth-order valence-corrected chi connectivity index (χ4v) is 2.65. The Balaban J connectivity index is 2.09. The average Bonchev–Trinajstić information content (AvgIpc) is 3.06. The van der Waals surface area contributed by atoms with Crippen molar-refractivity contribution in [2.75, 3.05) is 6.54 Å². The van der Waals surface area contributed by atoms with Gasteiger partial charge in [0.05, 0.1) is 16.4 Å². The van der Waals surface area contributed by atoms with E-state index in [-0.39, 0.29) is 5.41 Å². The number of aromatic nitrogens is 2. The van der Waals surface area contributed by atoms with Crippen LogP contribution in [-0.4, -0.2) is 22.4 Å². The summed E-state index contributed by atoms with van der Waals surface area (Å²) in [6, 6.07) is 0.758. The Morgan fingerprint density at radius 1 is 1.42 bits per heavy atom. The van der Waals surface area contributed by atoms with Crippen molar-refractivity contribution in [3.05, 3.63) is 16.4 Å². The molecule has 108 valence electrons. The van der Waals surface area contributed by atoms with Gasteiger partial charge in [-0.3, -0.25) is 4.68 Å².